The highest BCUT2D eigenvalue weighted by Crippen LogP contribution is 2.32. The van der Waals surface area contributed by atoms with Crippen molar-refractivity contribution in [2.45, 2.75) is 31.7 Å². The van der Waals surface area contributed by atoms with Crippen molar-refractivity contribution in [1.29, 1.82) is 0 Å². The first-order valence-electron chi connectivity index (χ1n) is 10.8. The first kappa shape index (κ1) is 23.0. The molecular weight excluding hydrogens is 452 g/mol. The minimum absolute atomic E-state index is 0.116. The van der Waals surface area contributed by atoms with Gasteiger partial charge in [0.2, 0.25) is 0 Å². The molecule has 0 saturated heterocycles. The van der Waals surface area contributed by atoms with Crippen LogP contribution in [0.3, 0.4) is 0 Å². The van der Waals surface area contributed by atoms with Gasteiger partial charge in [-0.1, -0.05) is 48.0 Å². The Morgan fingerprint density at radius 2 is 1.70 bits per heavy atom. The van der Waals surface area contributed by atoms with E-state index in [-0.39, 0.29) is 16.8 Å². The number of benzene rings is 3. The van der Waals surface area contributed by atoms with Crippen LogP contribution in [0.5, 0.6) is 0 Å². The molecule has 4 rings (SSSR count). The summed E-state index contributed by atoms with van der Waals surface area (Å²) in [7, 11) is -3.69. The Labute approximate surface area is 198 Å². The zero-order chi connectivity index (χ0) is 23.6. The van der Waals surface area contributed by atoms with Gasteiger partial charge in [-0.15, -0.1) is 11.3 Å². The number of rotatable bonds is 7. The van der Waals surface area contributed by atoms with Gasteiger partial charge in [0.25, 0.3) is 15.9 Å². The topological polar surface area (TPSA) is 66.5 Å². The highest BCUT2D eigenvalue weighted by Gasteiger charge is 2.24. The van der Waals surface area contributed by atoms with Crippen LogP contribution >= 0.6 is 11.3 Å². The van der Waals surface area contributed by atoms with Crippen LogP contribution in [0.15, 0.2) is 83.8 Å². The summed E-state index contributed by atoms with van der Waals surface area (Å²) in [6.45, 7) is 5.99. The molecule has 0 spiro atoms. The quantitative estimate of drug-likeness (QED) is 0.359. The Bertz CT molecular complexity index is 1380. The van der Waals surface area contributed by atoms with Crippen molar-refractivity contribution in [2.24, 2.45) is 0 Å². The minimum atomic E-state index is -3.69. The van der Waals surface area contributed by atoms with E-state index in [2.05, 4.69) is 5.32 Å². The molecule has 0 saturated carbocycles. The minimum Gasteiger partial charge on any atom is -0.345 e. The molecule has 0 aliphatic carbocycles. The molecule has 0 unspecified atom stereocenters. The van der Waals surface area contributed by atoms with Gasteiger partial charge in [-0.2, -0.15) is 0 Å². The molecule has 0 fully saturated rings. The molecule has 33 heavy (non-hydrogen) atoms. The standard InChI is InChI=1S/C26H26N2O3S2/c1-4-28(33(30,31)23-13-10-18(2)11-14-23)22-12-15-24-21(16-22)17-25(32-24)26(29)27-19(3)20-8-6-5-7-9-20/h5-17,19H,4H2,1-3H3,(H,27,29)/t19-/m1/s1. The van der Waals surface area contributed by atoms with E-state index in [9.17, 15) is 13.2 Å². The van der Waals surface area contributed by atoms with E-state index in [4.69, 9.17) is 0 Å². The molecule has 0 aliphatic heterocycles. The molecule has 1 amide bonds. The molecule has 1 aromatic heterocycles. The first-order valence-corrected chi connectivity index (χ1v) is 13.0. The zero-order valence-corrected chi connectivity index (χ0v) is 20.4. The lowest BCUT2D eigenvalue weighted by molar-refractivity contribution is 0.0944. The molecular formula is C26H26N2O3S2. The smallest absolute Gasteiger partial charge is 0.264 e. The molecule has 1 N–H and O–H groups in total. The van der Waals surface area contributed by atoms with Crippen molar-refractivity contribution in [2.75, 3.05) is 10.8 Å². The average molecular weight is 479 g/mol. The van der Waals surface area contributed by atoms with E-state index in [1.165, 1.54) is 15.6 Å². The maximum absolute atomic E-state index is 13.2. The summed E-state index contributed by atoms with van der Waals surface area (Å²) in [6.07, 6.45) is 0. The number of thiophene rings is 1. The molecule has 0 bridgehead atoms. The fourth-order valence-electron chi connectivity index (χ4n) is 3.72. The Balaban J connectivity index is 1.60. The van der Waals surface area contributed by atoms with E-state index in [0.29, 0.717) is 17.1 Å². The second kappa shape index (κ2) is 9.37. The molecule has 170 valence electrons. The second-order valence-corrected chi connectivity index (χ2v) is 10.9. The summed E-state index contributed by atoms with van der Waals surface area (Å²) in [4.78, 5) is 13.7. The number of fused-ring (bicyclic) bond motifs is 1. The van der Waals surface area contributed by atoms with Gasteiger partial charge in [-0.05, 0) is 68.1 Å². The zero-order valence-electron chi connectivity index (χ0n) is 18.8. The Hall–Kier alpha value is -3.16. The third kappa shape index (κ3) is 4.79. The number of carbonyl (C=O) groups is 1. The maximum atomic E-state index is 13.2. The van der Waals surface area contributed by atoms with Gasteiger partial charge in [0, 0.05) is 11.2 Å². The molecule has 0 aliphatic rings. The Kier molecular flexibility index (Phi) is 6.54. The van der Waals surface area contributed by atoms with Gasteiger partial charge in [0.05, 0.1) is 21.5 Å². The van der Waals surface area contributed by atoms with Crippen LogP contribution < -0.4 is 9.62 Å². The van der Waals surface area contributed by atoms with E-state index >= 15 is 0 Å². The summed E-state index contributed by atoms with van der Waals surface area (Å²) in [5.41, 5.74) is 2.62. The normalized spacial score (nSPS) is 12.5. The van der Waals surface area contributed by atoms with Gasteiger partial charge in [-0.25, -0.2) is 8.42 Å². The van der Waals surface area contributed by atoms with Crippen molar-refractivity contribution in [1.82, 2.24) is 5.32 Å². The van der Waals surface area contributed by atoms with Crippen LogP contribution in [-0.2, 0) is 10.0 Å². The predicted octanol–water partition coefficient (Wildman–Crippen LogP) is 5.92. The number of aryl methyl sites for hydroxylation is 1. The molecule has 3 aromatic carbocycles. The molecule has 0 radical (unpaired) electrons. The molecule has 7 heteroatoms. The average Bonchev–Trinajstić information content (AvgIpc) is 3.24. The number of hydrogen-bond donors (Lipinski definition) is 1. The summed E-state index contributed by atoms with van der Waals surface area (Å²) in [5, 5.41) is 3.88. The maximum Gasteiger partial charge on any atom is 0.264 e. The number of amides is 1. The highest BCUT2D eigenvalue weighted by molar-refractivity contribution is 7.92. The van der Waals surface area contributed by atoms with Crippen LogP contribution in [0, 0.1) is 6.92 Å². The molecule has 1 atom stereocenters. The van der Waals surface area contributed by atoms with Crippen LogP contribution in [0.25, 0.3) is 10.1 Å². The van der Waals surface area contributed by atoms with Crippen molar-refractivity contribution >= 4 is 43.0 Å². The monoisotopic (exact) mass is 478 g/mol. The fourth-order valence-corrected chi connectivity index (χ4v) is 6.13. The number of nitrogens with zero attached hydrogens (tertiary/aromatic N) is 1. The number of anilines is 1. The second-order valence-electron chi connectivity index (χ2n) is 7.92. The number of carbonyl (C=O) groups excluding carboxylic acids is 1. The van der Waals surface area contributed by atoms with Gasteiger partial charge in [-0.3, -0.25) is 9.10 Å². The summed E-state index contributed by atoms with van der Waals surface area (Å²) < 4.78 is 28.8. The largest absolute Gasteiger partial charge is 0.345 e. The number of sulfonamides is 1. The van der Waals surface area contributed by atoms with Crippen LogP contribution in [-0.4, -0.2) is 20.9 Å². The van der Waals surface area contributed by atoms with Crippen LogP contribution in [0.1, 0.15) is 40.7 Å². The van der Waals surface area contributed by atoms with Gasteiger partial charge in [0.1, 0.15) is 0 Å². The first-order chi connectivity index (χ1) is 15.8. The predicted molar refractivity (Wildman–Crippen MR) is 136 cm³/mol. The van der Waals surface area contributed by atoms with E-state index < -0.39 is 10.0 Å². The molecule has 5 nitrogen and oxygen atoms in total. The molecule has 4 aromatic rings. The van der Waals surface area contributed by atoms with Crippen LogP contribution in [0.2, 0.25) is 0 Å². The van der Waals surface area contributed by atoms with Crippen molar-refractivity contribution in [3.63, 3.8) is 0 Å². The Morgan fingerprint density at radius 1 is 1.00 bits per heavy atom. The lowest BCUT2D eigenvalue weighted by atomic mass is 10.1. The summed E-state index contributed by atoms with van der Waals surface area (Å²) in [5.74, 6) is -0.145. The third-order valence-electron chi connectivity index (χ3n) is 5.56. The van der Waals surface area contributed by atoms with E-state index in [1.807, 2.05) is 69.3 Å². The Morgan fingerprint density at radius 3 is 2.36 bits per heavy atom. The third-order valence-corrected chi connectivity index (χ3v) is 8.59. The van der Waals surface area contributed by atoms with Gasteiger partial charge in [0.15, 0.2) is 0 Å². The lowest BCUT2D eigenvalue weighted by Gasteiger charge is -2.23. The van der Waals surface area contributed by atoms with E-state index in [1.54, 1.807) is 30.3 Å². The van der Waals surface area contributed by atoms with Gasteiger partial charge >= 0.3 is 0 Å². The molecule has 1 heterocycles. The van der Waals surface area contributed by atoms with Crippen LogP contribution in [0.4, 0.5) is 5.69 Å². The highest BCUT2D eigenvalue weighted by atomic mass is 32.2. The van der Waals surface area contributed by atoms with Crippen molar-refractivity contribution < 1.29 is 13.2 Å². The van der Waals surface area contributed by atoms with Gasteiger partial charge < -0.3 is 5.32 Å². The number of hydrogen-bond acceptors (Lipinski definition) is 4. The van der Waals surface area contributed by atoms with Crippen molar-refractivity contribution in [3.8, 4) is 0 Å². The summed E-state index contributed by atoms with van der Waals surface area (Å²) >= 11 is 1.40. The fraction of sp³-hybridized carbons (Fsp3) is 0.192. The lowest BCUT2D eigenvalue weighted by Crippen LogP contribution is -2.30. The SMILES string of the molecule is CCN(c1ccc2sc(C(=O)N[C@H](C)c3ccccc3)cc2c1)S(=O)(=O)c1ccc(C)cc1. The van der Waals surface area contributed by atoms with Crippen molar-refractivity contribution in [3.05, 3.63) is 94.9 Å². The number of nitrogens with one attached hydrogen (secondary N) is 1. The summed E-state index contributed by atoms with van der Waals surface area (Å²) in [6, 6.07) is 23.9. The van der Waals surface area contributed by atoms with E-state index in [0.717, 1.165) is 21.2 Å².